The maximum atomic E-state index is 6.21. The van der Waals surface area contributed by atoms with E-state index in [-0.39, 0.29) is 11.6 Å². The zero-order valence-corrected chi connectivity index (χ0v) is 12.0. The molecule has 0 spiro atoms. The van der Waals surface area contributed by atoms with Crippen molar-refractivity contribution in [2.75, 3.05) is 7.11 Å². The second-order valence-corrected chi connectivity index (χ2v) is 5.65. The summed E-state index contributed by atoms with van der Waals surface area (Å²) >= 11 is 0. The fourth-order valence-electron chi connectivity index (χ4n) is 2.13. The van der Waals surface area contributed by atoms with Crippen molar-refractivity contribution in [3.63, 3.8) is 0 Å². The van der Waals surface area contributed by atoms with Crippen LogP contribution in [0, 0.1) is 0 Å². The third-order valence-electron chi connectivity index (χ3n) is 3.63. The molecule has 1 heterocycles. The van der Waals surface area contributed by atoms with Gasteiger partial charge in [-0.3, -0.25) is 0 Å². The highest BCUT2D eigenvalue weighted by Crippen LogP contribution is 2.18. The number of imidazole rings is 1. The van der Waals surface area contributed by atoms with Crippen LogP contribution in [0.2, 0.25) is 0 Å². The van der Waals surface area contributed by atoms with Gasteiger partial charge in [0.2, 0.25) is 0 Å². The molecule has 0 bridgehead atoms. The number of aromatic nitrogens is 2. The van der Waals surface area contributed by atoms with Gasteiger partial charge in [-0.2, -0.15) is 0 Å². The van der Waals surface area contributed by atoms with E-state index in [9.17, 15) is 0 Å². The second-order valence-electron chi connectivity index (χ2n) is 5.65. The van der Waals surface area contributed by atoms with Crippen molar-refractivity contribution in [2.45, 2.75) is 44.9 Å². The number of methoxy groups -OCH3 is 1. The van der Waals surface area contributed by atoms with E-state index in [0.717, 1.165) is 30.4 Å². The summed E-state index contributed by atoms with van der Waals surface area (Å²) in [5, 5.41) is 0. The van der Waals surface area contributed by atoms with Crippen LogP contribution in [-0.4, -0.2) is 28.3 Å². The maximum absolute atomic E-state index is 6.21. The zero-order valence-electron chi connectivity index (χ0n) is 12.0. The van der Waals surface area contributed by atoms with Crippen LogP contribution < -0.4 is 5.73 Å². The van der Waals surface area contributed by atoms with Gasteiger partial charge in [-0.05, 0) is 38.8 Å². The van der Waals surface area contributed by atoms with Crippen molar-refractivity contribution < 1.29 is 4.74 Å². The van der Waals surface area contributed by atoms with Gasteiger partial charge in [-0.25, -0.2) is 4.98 Å². The summed E-state index contributed by atoms with van der Waals surface area (Å²) in [7, 11) is 1.74. The molecule has 0 fully saturated rings. The molecule has 1 atom stereocenters. The first-order valence-electron chi connectivity index (χ1n) is 6.72. The lowest BCUT2D eigenvalue weighted by Gasteiger charge is -2.24. The van der Waals surface area contributed by atoms with Crippen LogP contribution >= 0.6 is 0 Å². The zero-order chi connectivity index (χ0) is 13.9. The number of benzene rings is 1. The molecule has 0 amide bonds. The SMILES string of the molecule is COC(C)(C)CCC(N)Cn1cnc2ccccc21. The van der Waals surface area contributed by atoms with Crippen molar-refractivity contribution in [1.82, 2.24) is 9.55 Å². The summed E-state index contributed by atoms with van der Waals surface area (Å²) in [5.41, 5.74) is 8.27. The van der Waals surface area contributed by atoms with Crippen molar-refractivity contribution in [3.05, 3.63) is 30.6 Å². The van der Waals surface area contributed by atoms with Crippen molar-refractivity contribution in [3.8, 4) is 0 Å². The average Bonchev–Trinajstić information content (AvgIpc) is 2.80. The average molecular weight is 261 g/mol. The Labute approximate surface area is 114 Å². The molecule has 2 aromatic rings. The van der Waals surface area contributed by atoms with Gasteiger partial charge in [0.25, 0.3) is 0 Å². The van der Waals surface area contributed by atoms with Crippen LogP contribution in [0.1, 0.15) is 26.7 Å². The Morgan fingerprint density at radius 2 is 2.11 bits per heavy atom. The first-order valence-corrected chi connectivity index (χ1v) is 6.72. The van der Waals surface area contributed by atoms with Crippen LogP contribution in [0.25, 0.3) is 11.0 Å². The summed E-state index contributed by atoms with van der Waals surface area (Å²) < 4.78 is 7.54. The predicted molar refractivity (Wildman–Crippen MR) is 78.0 cm³/mol. The minimum atomic E-state index is -0.103. The molecule has 1 aromatic carbocycles. The molecule has 0 saturated heterocycles. The molecule has 0 saturated carbocycles. The molecular formula is C15H23N3O. The van der Waals surface area contributed by atoms with Crippen LogP contribution in [0.5, 0.6) is 0 Å². The molecule has 0 aliphatic heterocycles. The van der Waals surface area contributed by atoms with Crippen LogP contribution in [0.15, 0.2) is 30.6 Å². The molecule has 104 valence electrons. The summed E-state index contributed by atoms with van der Waals surface area (Å²) in [6.07, 6.45) is 3.76. The molecule has 1 aromatic heterocycles. The topological polar surface area (TPSA) is 53.1 Å². The molecule has 4 nitrogen and oxygen atoms in total. The molecular weight excluding hydrogens is 238 g/mol. The Morgan fingerprint density at radius 1 is 1.37 bits per heavy atom. The van der Waals surface area contributed by atoms with Gasteiger partial charge < -0.3 is 15.0 Å². The van der Waals surface area contributed by atoms with E-state index in [0.29, 0.717) is 0 Å². The molecule has 1 unspecified atom stereocenters. The first kappa shape index (κ1) is 14.0. The molecule has 0 aliphatic rings. The van der Waals surface area contributed by atoms with E-state index < -0.39 is 0 Å². The molecule has 0 aliphatic carbocycles. The molecule has 0 radical (unpaired) electrons. The summed E-state index contributed by atoms with van der Waals surface area (Å²) in [5.74, 6) is 0. The number of fused-ring (bicyclic) bond motifs is 1. The third-order valence-corrected chi connectivity index (χ3v) is 3.63. The van der Waals surface area contributed by atoms with E-state index in [1.165, 1.54) is 0 Å². The largest absolute Gasteiger partial charge is 0.379 e. The summed E-state index contributed by atoms with van der Waals surface area (Å²) in [6, 6.07) is 8.24. The standard InChI is InChI=1S/C15H23N3O/c1-15(2,19-3)9-8-12(16)10-18-11-17-13-6-4-5-7-14(13)18/h4-7,11-12H,8-10,16H2,1-3H3. The number of ether oxygens (including phenoxy) is 1. The van der Waals surface area contributed by atoms with Crippen molar-refractivity contribution in [2.24, 2.45) is 5.73 Å². The van der Waals surface area contributed by atoms with Gasteiger partial charge in [0, 0.05) is 19.7 Å². The Bertz CT molecular complexity index is 533. The lowest BCUT2D eigenvalue weighted by molar-refractivity contribution is 0.0122. The van der Waals surface area contributed by atoms with Crippen LogP contribution in [0.3, 0.4) is 0 Å². The summed E-state index contributed by atoms with van der Waals surface area (Å²) in [6.45, 7) is 4.97. The minimum absolute atomic E-state index is 0.103. The molecule has 4 heteroatoms. The van der Waals surface area contributed by atoms with Gasteiger partial charge in [-0.1, -0.05) is 12.1 Å². The Morgan fingerprint density at radius 3 is 2.84 bits per heavy atom. The number of hydrogen-bond acceptors (Lipinski definition) is 3. The number of rotatable bonds is 6. The van der Waals surface area contributed by atoms with E-state index in [4.69, 9.17) is 10.5 Å². The highest BCUT2D eigenvalue weighted by Gasteiger charge is 2.18. The van der Waals surface area contributed by atoms with E-state index in [1.807, 2.05) is 24.5 Å². The van der Waals surface area contributed by atoms with Crippen molar-refractivity contribution in [1.29, 1.82) is 0 Å². The number of nitrogens with zero attached hydrogens (tertiary/aromatic N) is 2. The minimum Gasteiger partial charge on any atom is -0.379 e. The van der Waals surface area contributed by atoms with Gasteiger partial charge in [-0.15, -0.1) is 0 Å². The smallest absolute Gasteiger partial charge is 0.0958 e. The molecule has 2 N–H and O–H groups in total. The maximum Gasteiger partial charge on any atom is 0.0958 e. The van der Waals surface area contributed by atoms with E-state index in [2.05, 4.69) is 29.5 Å². The Hall–Kier alpha value is -1.39. The van der Waals surface area contributed by atoms with Gasteiger partial charge >= 0.3 is 0 Å². The number of hydrogen-bond donors (Lipinski definition) is 1. The fourth-order valence-corrected chi connectivity index (χ4v) is 2.13. The lowest BCUT2D eigenvalue weighted by Crippen LogP contribution is -2.30. The van der Waals surface area contributed by atoms with E-state index in [1.54, 1.807) is 7.11 Å². The van der Waals surface area contributed by atoms with Crippen LogP contribution in [-0.2, 0) is 11.3 Å². The monoisotopic (exact) mass is 261 g/mol. The molecule has 19 heavy (non-hydrogen) atoms. The summed E-state index contributed by atoms with van der Waals surface area (Å²) in [4.78, 5) is 4.38. The highest BCUT2D eigenvalue weighted by atomic mass is 16.5. The number of para-hydroxylation sites is 2. The highest BCUT2D eigenvalue weighted by molar-refractivity contribution is 5.74. The fraction of sp³-hybridized carbons (Fsp3) is 0.533. The quantitative estimate of drug-likeness (QED) is 0.869. The van der Waals surface area contributed by atoms with Gasteiger partial charge in [0.1, 0.15) is 0 Å². The first-order chi connectivity index (χ1) is 9.02. The van der Waals surface area contributed by atoms with Crippen molar-refractivity contribution >= 4 is 11.0 Å². The Balaban J connectivity index is 1.97. The van der Waals surface area contributed by atoms with E-state index >= 15 is 0 Å². The predicted octanol–water partition coefficient (Wildman–Crippen LogP) is 2.57. The lowest BCUT2D eigenvalue weighted by atomic mass is 9.99. The second kappa shape index (κ2) is 5.72. The Kier molecular flexibility index (Phi) is 4.22. The van der Waals surface area contributed by atoms with Crippen LogP contribution in [0.4, 0.5) is 0 Å². The third kappa shape index (κ3) is 3.55. The normalized spacial score (nSPS) is 13.9. The van der Waals surface area contributed by atoms with Gasteiger partial charge in [0.05, 0.1) is 23.0 Å². The van der Waals surface area contributed by atoms with Gasteiger partial charge in [0.15, 0.2) is 0 Å². The molecule has 2 rings (SSSR count). The number of nitrogens with two attached hydrogens (primary N) is 1.